The summed E-state index contributed by atoms with van der Waals surface area (Å²) in [6.07, 6.45) is -1.27. The third kappa shape index (κ3) is 4.22. The molecule has 198 valence electrons. The lowest BCUT2D eigenvalue weighted by molar-refractivity contribution is -0.141. The van der Waals surface area contributed by atoms with Crippen molar-refractivity contribution in [3.05, 3.63) is 90.5 Å². The van der Waals surface area contributed by atoms with Crippen molar-refractivity contribution in [1.82, 2.24) is 34.3 Å². The Balaban J connectivity index is 1.15. The van der Waals surface area contributed by atoms with E-state index in [-0.39, 0.29) is 11.6 Å². The van der Waals surface area contributed by atoms with Crippen LogP contribution in [0.5, 0.6) is 5.75 Å². The highest BCUT2D eigenvalue weighted by Gasteiger charge is 2.33. The number of pyridine rings is 1. The molecule has 8 nitrogen and oxygen atoms in total. The second kappa shape index (κ2) is 9.12. The van der Waals surface area contributed by atoms with Crippen LogP contribution in [-0.2, 0) is 12.9 Å². The first-order valence-electron chi connectivity index (χ1n) is 12.2. The highest BCUT2D eigenvalue weighted by atomic mass is 32.1. The Labute approximate surface area is 228 Å². The molecule has 0 amide bonds. The van der Waals surface area contributed by atoms with E-state index in [9.17, 15) is 13.2 Å². The smallest absolute Gasteiger partial charge is 0.433 e. The van der Waals surface area contributed by atoms with Gasteiger partial charge in [-0.1, -0.05) is 42.5 Å². The average molecular weight is 558 g/mol. The molecule has 0 saturated carbocycles. The Morgan fingerprint density at radius 2 is 1.70 bits per heavy atom. The van der Waals surface area contributed by atoms with Crippen LogP contribution in [0.4, 0.5) is 13.2 Å². The molecule has 0 aliphatic carbocycles. The van der Waals surface area contributed by atoms with Gasteiger partial charge in [0.05, 0.1) is 5.52 Å². The van der Waals surface area contributed by atoms with Crippen molar-refractivity contribution in [2.45, 2.75) is 19.8 Å². The molecule has 0 aliphatic heterocycles. The van der Waals surface area contributed by atoms with Crippen LogP contribution in [0.25, 0.3) is 48.7 Å². The molecule has 0 fully saturated rings. The van der Waals surface area contributed by atoms with E-state index in [0.717, 1.165) is 28.5 Å². The number of rotatable bonds is 5. The highest BCUT2D eigenvalue weighted by Crippen LogP contribution is 2.38. The lowest BCUT2D eigenvalue weighted by Crippen LogP contribution is -2.07. The molecule has 0 unspecified atom stereocenters. The van der Waals surface area contributed by atoms with Gasteiger partial charge in [0.1, 0.15) is 33.0 Å². The molecular weight excluding hydrogens is 539 g/mol. The van der Waals surface area contributed by atoms with Crippen molar-refractivity contribution in [2.75, 3.05) is 0 Å². The minimum absolute atomic E-state index is 0.187. The van der Waals surface area contributed by atoms with Crippen LogP contribution in [0.15, 0.2) is 79.3 Å². The van der Waals surface area contributed by atoms with Gasteiger partial charge in [-0.2, -0.15) is 18.3 Å². The number of aromatic nitrogens is 7. The molecule has 2 aromatic carbocycles. The molecule has 5 aromatic heterocycles. The Morgan fingerprint density at radius 1 is 0.925 bits per heavy atom. The Bertz CT molecular complexity index is 2010. The molecule has 7 aromatic rings. The maximum Gasteiger partial charge on any atom is 0.433 e. The maximum absolute atomic E-state index is 13.3. The molecule has 5 heterocycles. The van der Waals surface area contributed by atoms with Crippen LogP contribution >= 0.6 is 11.3 Å². The summed E-state index contributed by atoms with van der Waals surface area (Å²) >= 11 is 1.11. The van der Waals surface area contributed by atoms with E-state index >= 15 is 0 Å². The lowest BCUT2D eigenvalue weighted by atomic mass is 10.1. The summed E-state index contributed by atoms with van der Waals surface area (Å²) in [7, 11) is 0. The number of hydrogen-bond donors (Lipinski definition) is 0. The van der Waals surface area contributed by atoms with E-state index in [4.69, 9.17) is 4.74 Å². The van der Waals surface area contributed by atoms with Gasteiger partial charge in [-0.05, 0) is 47.9 Å². The van der Waals surface area contributed by atoms with Gasteiger partial charge in [0.2, 0.25) is 5.82 Å². The van der Waals surface area contributed by atoms with Crippen LogP contribution < -0.4 is 4.74 Å². The summed E-state index contributed by atoms with van der Waals surface area (Å²) < 4.78 is 49.6. The number of thiophene rings is 1. The van der Waals surface area contributed by atoms with Crippen LogP contribution in [0, 0.1) is 6.92 Å². The topological polar surface area (TPSA) is 83.0 Å². The average Bonchev–Trinajstić information content (AvgIpc) is 3.68. The number of benzene rings is 2. The predicted molar refractivity (Wildman–Crippen MR) is 145 cm³/mol. The number of aryl methyl sites for hydroxylation is 1. The molecule has 0 saturated heterocycles. The quantitative estimate of drug-likeness (QED) is 0.232. The zero-order valence-corrected chi connectivity index (χ0v) is 21.6. The Morgan fingerprint density at radius 3 is 2.48 bits per heavy atom. The molecular formula is C28H18F3N7OS. The van der Waals surface area contributed by atoms with Crippen LogP contribution in [0.1, 0.15) is 11.3 Å². The van der Waals surface area contributed by atoms with Crippen molar-refractivity contribution in [3.8, 4) is 28.4 Å². The van der Waals surface area contributed by atoms with Crippen LogP contribution in [-0.4, -0.2) is 34.3 Å². The van der Waals surface area contributed by atoms with Gasteiger partial charge in [0, 0.05) is 11.6 Å². The van der Waals surface area contributed by atoms with Crippen molar-refractivity contribution >= 4 is 37.4 Å². The molecule has 0 atom stereocenters. The normalized spacial score (nSPS) is 12.1. The van der Waals surface area contributed by atoms with Gasteiger partial charge in [0.15, 0.2) is 12.4 Å². The predicted octanol–water partition coefficient (Wildman–Crippen LogP) is 6.78. The zero-order chi connectivity index (χ0) is 27.4. The minimum Gasteiger partial charge on any atom is -0.471 e. The second-order valence-electron chi connectivity index (χ2n) is 9.13. The van der Waals surface area contributed by atoms with E-state index in [1.54, 1.807) is 23.9 Å². The van der Waals surface area contributed by atoms with Crippen molar-refractivity contribution < 1.29 is 17.9 Å². The number of halogens is 3. The number of hydrogen-bond acceptors (Lipinski definition) is 7. The number of fused-ring (bicyclic) bond motifs is 5. The first-order chi connectivity index (χ1) is 19.3. The zero-order valence-electron chi connectivity index (χ0n) is 20.8. The van der Waals surface area contributed by atoms with E-state index in [0.29, 0.717) is 44.1 Å². The molecule has 0 aliphatic rings. The SMILES string of the molecule is Cc1cc(C(F)(F)F)nc2sc3c(ncn4nc(-c5ccn(COc6ccc(-c7ccccc7)cc6)n5)nc34)c12. The summed E-state index contributed by atoms with van der Waals surface area (Å²) in [6, 6.07) is 20.7. The molecule has 0 bridgehead atoms. The van der Waals surface area contributed by atoms with Gasteiger partial charge in [-0.15, -0.1) is 16.4 Å². The summed E-state index contributed by atoms with van der Waals surface area (Å²) in [5, 5.41) is 9.60. The first-order valence-corrected chi connectivity index (χ1v) is 13.0. The Kier molecular flexibility index (Phi) is 5.52. The third-order valence-electron chi connectivity index (χ3n) is 6.45. The van der Waals surface area contributed by atoms with Crippen molar-refractivity contribution in [1.29, 1.82) is 0 Å². The maximum atomic E-state index is 13.3. The van der Waals surface area contributed by atoms with Gasteiger partial charge < -0.3 is 4.74 Å². The van der Waals surface area contributed by atoms with Crippen molar-refractivity contribution in [2.24, 2.45) is 0 Å². The summed E-state index contributed by atoms with van der Waals surface area (Å²) in [5.74, 6) is 1.07. The van der Waals surface area contributed by atoms with E-state index < -0.39 is 11.9 Å². The molecule has 12 heteroatoms. The molecule has 0 spiro atoms. The Hall–Kier alpha value is -4.84. The van der Waals surface area contributed by atoms with Gasteiger partial charge >= 0.3 is 6.18 Å². The molecule has 0 N–H and O–H groups in total. The number of nitrogens with zero attached hydrogens (tertiary/aromatic N) is 7. The second-order valence-corrected chi connectivity index (χ2v) is 10.1. The van der Waals surface area contributed by atoms with E-state index in [2.05, 4.69) is 37.3 Å². The van der Waals surface area contributed by atoms with Crippen LogP contribution in [0.3, 0.4) is 0 Å². The molecule has 40 heavy (non-hydrogen) atoms. The summed E-state index contributed by atoms with van der Waals surface area (Å²) in [6.45, 7) is 1.81. The third-order valence-corrected chi connectivity index (χ3v) is 7.52. The van der Waals surface area contributed by atoms with Crippen molar-refractivity contribution in [3.63, 3.8) is 0 Å². The molecule has 0 radical (unpaired) electrons. The number of ether oxygens (including phenoxy) is 1. The van der Waals surface area contributed by atoms with E-state index in [1.807, 2.05) is 42.5 Å². The fourth-order valence-electron chi connectivity index (χ4n) is 4.53. The van der Waals surface area contributed by atoms with Gasteiger partial charge in [0.25, 0.3) is 0 Å². The van der Waals surface area contributed by atoms with Crippen LogP contribution in [0.2, 0.25) is 0 Å². The fourth-order valence-corrected chi connectivity index (χ4v) is 5.71. The number of alkyl halides is 3. The van der Waals surface area contributed by atoms with E-state index in [1.165, 1.54) is 10.8 Å². The monoisotopic (exact) mass is 557 g/mol. The van der Waals surface area contributed by atoms with Gasteiger partial charge in [-0.3, -0.25) is 0 Å². The molecule has 7 rings (SSSR count). The minimum atomic E-state index is -4.53. The fraction of sp³-hybridized carbons (Fsp3) is 0.107. The summed E-state index contributed by atoms with van der Waals surface area (Å²) in [4.78, 5) is 13.2. The lowest BCUT2D eigenvalue weighted by Gasteiger charge is -2.07. The van der Waals surface area contributed by atoms with Gasteiger partial charge in [-0.25, -0.2) is 24.1 Å². The highest BCUT2D eigenvalue weighted by molar-refractivity contribution is 7.26. The standard InChI is InChI=1S/C28H18F3N7OS/c1-16-13-21(28(29,30)31)33-27-22(16)23-24(40-27)26-34-25(36-38(26)14-32-23)20-11-12-37(35-20)15-39-19-9-7-18(8-10-19)17-5-3-2-4-6-17/h2-14H,15H2,1H3. The largest absolute Gasteiger partial charge is 0.471 e. The summed E-state index contributed by atoms with van der Waals surface area (Å²) in [5.41, 5.74) is 3.29. The first kappa shape index (κ1) is 24.2.